The normalized spacial score (nSPS) is 14.2. The van der Waals surface area contributed by atoms with Gasteiger partial charge in [0.25, 0.3) is 5.56 Å². The number of aromatic nitrogens is 2. The molecule has 0 saturated carbocycles. The summed E-state index contributed by atoms with van der Waals surface area (Å²) >= 11 is 0. The molecule has 0 bridgehead atoms. The zero-order chi connectivity index (χ0) is 20.0. The Hall–Kier alpha value is -3.52. The third kappa shape index (κ3) is 3.17. The first-order chi connectivity index (χ1) is 14.1. The van der Waals surface area contributed by atoms with E-state index in [1.165, 1.54) is 30.7 Å². The summed E-state index contributed by atoms with van der Waals surface area (Å²) in [6.45, 7) is 1.28. The number of rotatable bonds is 3. The molecule has 0 aliphatic carbocycles. The van der Waals surface area contributed by atoms with Crippen LogP contribution < -0.4 is 11.0 Å². The number of furan rings is 1. The number of benzene rings is 1. The molecule has 1 aromatic carbocycles. The van der Waals surface area contributed by atoms with Gasteiger partial charge in [-0.15, -0.1) is 0 Å². The predicted molar refractivity (Wildman–Crippen MR) is 103 cm³/mol. The Kier molecular flexibility index (Phi) is 4.13. The highest BCUT2D eigenvalue weighted by Gasteiger charge is 2.23. The summed E-state index contributed by atoms with van der Waals surface area (Å²) in [5, 5.41) is 0.211. The van der Waals surface area contributed by atoms with E-state index in [2.05, 4.69) is 9.97 Å². The molecule has 3 aromatic heterocycles. The van der Waals surface area contributed by atoms with Gasteiger partial charge in [0.05, 0.1) is 29.2 Å². The molecule has 0 amide bonds. The number of nitrogens with one attached hydrogen (secondary N) is 1. The lowest BCUT2D eigenvalue weighted by Gasteiger charge is -2.27. The average Bonchev–Trinajstić information content (AvgIpc) is 3.26. The van der Waals surface area contributed by atoms with Crippen LogP contribution in [0.25, 0.3) is 22.6 Å². The topological polar surface area (TPSA) is 92.3 Å². The van der Waals surface area contributed by atoms with E-state index in [4.69, 9.17) is 8.83 Å². The van der Waals surface area contributed by atoms with Gasteiger partial charge in [-0.25, -0.2) is 9.37 Å². The van der Waals surface area contributed by atoms with Crippen LogP contribution in [-0.2, 0) is 19.5 Å². The summed E-state index contributed by atoms with van der Waals surface area (Å²) < 4.78 is 24.3. The molecule has 0 atom stereocenters. The van der Waals surface area contributed by atoms with Gasteiger partial charge in [0.1, 0.15) is 11.4 Å². The second-order valence-electron chi connectivity index (χ2n) is 7.01. The van der Waals surface area contributed by atoms with Crippen LogP contribution in [0.4, 0.5) is 4.39 Å². The molecular weight excluding hydrogens is 377 g/mol. The van der Waals surface area contributed by atoms with Crippen molar-refractivity contribution in [2.45, 2.75) is 19.5 Å². The molecule has 0 spiro atoms. The summed E-state index contributed by atoms with van der Waals surface area (Å²) in [4.78, 5) is 34.5. The number of hydrogen-bond donors (Lipinski definition) is 1. The van der Waals surface area contributed by atoms with E-state index in [-0.39, 0.29) is 16.4 Å². The van der Waals surface area contributed by atoms with Crippen molar-refractivity contribution in [3.05, 3.63) is 86.1 Å². The van der Waals surface area contributed by atoms with Crippen molar-refractivity contribution in [2.24, 2.45) is 0 Å². The number of H-pyrrole nitrogens is 1. The molecule has 0 saturated heterocycles. The lowest BCUT2D eigenvalue weighted by Crippen LogP contribution is -2.36. The van der Waals surface area contributed by atoms with Crippen LogP contribution in [0, 0.1) is 5.82 Å². The predicted octanol–water partition coefficient (Wildman–Crippen LogP) is 2.83. The molecule has 146 valence electrons. The number of aromatic amines is 1. The minimum Gasteiger partial charge on any atom is -0.464 e. The van der Waals surface area contributed by atoms with E-state index in [1.54, 1.807) is 12.1 Å². The molecule has 1 N–H and O–H groups in total. The lowest BCUT2D eigenvalue weighted by atomic mass is 10.1. The van der Waals surface area contributed by atoms with Crippen LogP contribution in [0.1, 0.15) is 16.8 Å². The van der Waals surface area contributed by atoms with E-state index in [0.29, 0.717) is 54.3 Å². The lowest BCUT2D eigenvalue weighted by molar-refractivity contribution is 0.239. The number of fused-ring (bicyclic) bond motifs is 2. The summed E-state index contributed by atoms with van der Waals surface area (Å²) in [5.74, 6) is 0.427. The van der Waals surface area contributed by atoms with Gasteiger partial charge in [-0.2, -0.15) is 0 Å². The second-order valence-corrected chi connectivity index (χ2v) is 7.01. The standard InChI is InChI=1S/C21H16FN3O4/c22-13-3-4-17-14(8-13)19(26)12(11-29-17)9-25-6-5-16-15(10-25)21(27)24-20(23-16)18-2-1-7-28-18/h1-4,7-8,11H,5-6,9-10H2,(H,23,24,27). The van der Waals surface area contributed by atoms with E-state index < -0.39 is 5.82 Å². The van der Waals surface area contributed by atoms with Crippen molar-refractivity contribution in [1.29, 1.82) is 0 Å². The second kappa shape index (κ2) is 6.82. The maximum atomic E-state index is 13.5. The van der Waals surface area contributed by atoms with Crippen LogP contribution in [0.5, 0.6) is 0 Å². The van der Waals surface area contributed by atoms with Gasteiger partial charge in [-0.05, 0) is 30.3 Å². The maximum absolute atomic E-state index is 13.5. The van der Waals surface area contributed by atoms with Crippen LogP contribution in [0.15, 0.2) is 61.3 Å². The van der Waals surface area contributed by atoms with Crippen LogP contribution in [0.3, 0.4) is 0 Å². The van der Waals surface area contributed by atoms with Crippen molar-refractivity contribution in [1.82, 2.24) is 14.9 Å². The van der Waals surface area contributed by atoms with Crippen molar-refractivity contribution < 1.29 is 13.2 Å². The molecule has 29 heavy (non-hydrogen) atoms. The molecule has 0 fully saturated rings. The molecule has 1 aliphatic rings. The third-order valence-corrected chi connectivity index (χ3v) is 5.10. The first kappa shape index (κ1) is 17.6. The Bertz CT molecular complexity index is 1320. The molecule has 5 rings (SSSR count). The number of halogens is 1. The van der Waals surface area contributed by atoms with Gasteiger partial charge < -0.3 is 13.8 Å². The quantitative estimate of drug-likeness (QED) is 0.575. The van der Waals surface area contributed by atoms with E-state index in [0.717, 1.165) is 5.69 Å². The van der Waals surface area contributed by atoms with Gasteiger partial charge >= 0.3 is 0 Å². The largest absolute Gasteiger partial charge is 0.464 e. The van der Waals surface area contributed by atoms with Gasteiger partial charge in [0, 0.05) is 31.6 Å². The van der Waals surface area contributed by atoms with E-state index in [1.807, 2.05) is 4.90 Å². The minimum absolute atomic E-state index is 0.211. The van der Waals surface area contributed by atoms with Crippen molar-refractivity contribution >= 4 is 11.0 Å². The number of nitrogens with zero attached hydrogens (tertiary/aromatic N) is 2. The first-order valence-electron chi connectivity index (χ1n) is 9.17. The summed E-state index contributed by atoms with van der Waals surface area (Å²) in [6, 6.07) is 7.34. The SMILES string of the molecule is O=c1[nH]c(-c2ccco2)nc2c1CN(Cc1coc3ccc(F)cc3c1=O)CC2. The Balaban J connectivity index is 1.43. The Morgan fingerprint density at radius 3 is 2.93 bits per heavy atom. The molecule has 4 aromatic rings. The molecule has 1 aliphatic heterocycles. The molecule has 0 unspecified atom stereocenters. The molecule has 0 radical (unpaired) electrons. The highest BCUT2D eigenvalue weighted by molar-refractivity contribution is 5.76. The summed E-state index contributed by atoms with van der Waals surface area (Å²) in [6.07, 6.45) is 3.50. The van der Waals surface area contributed by atoms with Gasteiger partial charge in [0.15, 0.2) is 17.0 Å². The van der Waals surface area contributed by atoms with Crippen molar-refractivity contribution in [3.63, 3.8) is 0 Å². The average molecular weight is 393 g/mol. The monoisotopic (exact) mass is 393 g/mol. The fourth-order valence-corrected chi connectivity index (χ4v) is 3.64. The summed E-state index contributed by atoms with van der Waals surface area (Å²) in [5.41, 5.74) is 1.57. The Morgan fingerprint density at radius 2 is 2.10 bits per heavy atom. The van der Waals surface area contributed by atoms with Crippen LogP contribution in [0.2, 0.25) is 0 Å². The van der Waals surface area contributed by atoms with E-state index >= 15 is 0 Å². The fourth-order valence-electron chi connectivity index (χ4n) is 3.64. The van der Waals surface area contributed by atoms with E-state index in [9.17, 15) is 14.0 Å². The van der Waals surface area contributed by atoms with Gasteiger partial charge in [-0.3, -0.25) is 14.5 Å². The molecule has 4 heterocycles. The van der Waals surface area contributed by atoms with Crippen LogP contribution >= 0.6 is 0 Å². The maximum Gasteiger partial charge on any atom is 0.256 e. The van der Waals surface area contributed by atoms with Crippen molar-refractivity contribution in [3.8, 4) is 11.6 Å². The number of hydrogen-bond acceptors (Lipinski definition) is 6. The molecule has 8 heteroatoms. The minimum atomic E-state index is -0.487. The first-order valence-corrected chi connectivity index (χ1v) is 9.17. The van der Waals surface area contributed by atoms with Gasteiger partial charge in [-0.1, -0.05) is 0 Å². The zero-order valence-electron chi connectivity index (χ0n) is 15.3. The summed E-state index contributed by atoms with van der Waals surface area (Å²) in [7, 11) is 0. The fraction of sp³-hybridized carbons (Fsp3) is 0.190. The smallest absolute Gasteiger partial charge is 0.256 e. The van der Waals surface area contributed by atoms with Gasteiger partial charge in [0.2, 0.25) is 0 Å². The Labute approximate surface area is 163 Å². The zero-order valence-corrected chi connectivity index (χ0v) is 15.3. The van der Waals surface area contributed by atoms with Crippen LogP contribution in [-0.4, -0.2) is 21.4 Å². The highest BCUT2D eigenvalue weighted by Crippen LogP contribution is 2.20. The Morgan fingerprint density at radius 1 is 1.21 bits per heavy atom. The van der Waals surface area contributed by atoms with Crippen molar-refractivity contribution in [2.75, 3.05) is 6.54 Å². The highest BCUT2D eigenvalue weighted by atomic mass is 19.1. The molecule has 7 nitrogen and oxygen atoms in total. The molecular formula is C21H16FN3O4. The third-order valence-electron chi connectivity index (χ3n) is 5.10.